The lowest BCUT2D eigenvalue weighted by Gasteiger charge is -2.61. The molecule has 1 amide bonds. The van der Waals surface area contributed by atoms with Gasteiger partial charge in [-0.1, -0.05) is 59.5 Å². The maximum absolute atomic E-state index is 12.5. The number of esters is 1. The highest BCUT2D eigenvalue weighted by Crippen LogP contribution is 2.68. The van der Waals surface area contributed by atoms with Gasteiger partial charge in [0.25, 0.3) is 0 Å². The molecule has 0 bridgehead atoms. The van der Waals surface area contributed by atoms with Crippen LogP contribution in [0, 0.1) is 52.3 Å². The van der Waals surface area contributed by atoms with Crippen molar-refractivity contribution in [1.82, 2.24) is 5.32 Å². The molecule has 4 fully saturated rings. The van der Waals surface area contributed by atoms with E-state index in [0.29, 0.717) is 35.0 Å². The average molecular weight is 727 g/mol. The molecule has 0 spiro atoms. The smallest absolute Gasteiger partial charge is 0.340 e. The van der Waals surface area contributed by atoms with E-state index in [0.717, 1.165) is 43.4 Å². The molecule has 4 rings (SSSR count). The summed E-state index contributed by atoms with van der Waals surface area (Å²) in [6.07, 6.45) is 12.1. The fraction of sp³-hybridized carbons (Fsp3) is 0.897. The van der Waals surface area contributed by atoms with Crippen molar-refractivity contribution >= 4 is 31.6 Å². The van der Waals surface area contributed by atoms with Crippen molar-refractivity contribution in [2.45, 2.75) is 151 Å². The van der Waals surface area contributed by atoms with Crippen molar-refractivity contribution in [2.24, 2.45) is 52.3 Å². The topological polar surface area (TPSA) is 167 Å². The van der Waals surface area contributed by atoms with Gasteiger partial charge in [0, 0.05) is 12.8 Å². The number of aliphatic hydroxyl groups is 1. The third-order valence-corrected chi connectivity index (χ3v) is 14.3. The number of ether oxygens (including phenoxy) is 1. The molecule has 0 saturated heterocycles. The first kappa shape index (κ1) is 44.1. The van der Waals surface area contributed by atoms with Crippen LogP contribution in [-0.4, -0.2) is 64.3 Å². The summed E-state index contributed by atoms with van der Waals surface area (Å²) in [7, 11) is -1.98. The number of hydrogen-bond donors (Lipinski definition) is 4. The number of fused-ring (bicyclic) bond motifs is 5. The summed E-state index contributed by atoms with van der Waals surface area (Å²) in [5, 5.41) is 30.8. The quantitative estimate of drug-likeness (QED) is 0.0738. The minimum atomic E-state index is -1.98. The summed E-state index contributed by atoms with van der Waals surface area (Å²) < 4.78 is 17.5. The van der Waals surface area contributed by atoms with Gasteiger partial charge in [-0.15, -0.1) is 0 Å². The van der Waals surface area contributed by atoms with E-state index < -0.39 is 31.6 Å². The summed E-state index contributed by atoms with van der Waals surface area (Å²) in [5.74, 6) is -0.197. The lowest BCUT2D eigenvalue weighted by Crippen LogP contribution is -2.54. The Morgan fingerprint density at radius 2 is 1.52 bits per heavy atom. The lowest BCUT2D eigenvalue weighted by molar-refractivity contribution is -0.146. The zero-order chi connectivity index (χ0) is 37.6. The summed E-state index contributed by atoms with van der Waals surface area (Å²) in [4.78, 5) is 46.7. The van der Waals surface area contributed by atoms with Gasteiger partial charge in [-0.05, 0) is 117 Å². The highest BCUT2D eigenvalue weighted by Gasteiger charge is 2.60. The van der Waals surface area contributed by atoms with Crippen molar-refractivity contribution in [3.05, 3.63) is 0 Å². The number of rotatable bonds is 15. The van der Waals surface area contributed by atoms with Crippen molar-refractivity contribution in [3.8, 4) is 0 Å². The number of amides is 1. The first-order valence-corrected chi connectivity index (χ1v) is 21.3. The lowest BCUT2D eigenvalue weighted by atomic mass is 9.44. The van der Waals surface area contributed by atoms with Gasteiger partial charge < -0.3 is 25.4 Å². The van der Waals surface area contributed by atoms with Gasteiger partial charge in [0.1, 0.15) is 5.92 Å². The zero-order valence-electron chi connectivity index (χ0n) is 32.1. The number of aliphatic carboxylic acids is 2. The van der Waals surface area contributed by atoms with Crippen LogP contribution in [0.3, 0.4) is 0 Å². The van der Waals surface area contributed by atoms with Crippen molar-refractivity contribution in [2.75, 3.05) is 19.1 Å². The summed E-state index contributed by atoms with van der Waals surface area (Å²) in [6, 6.07) is 0. The number of carboxylic acid groups (broad SMARTS) is 2. The predicted octanol–water partition coefficient (Wildman–Crippen LogP) is 8.27. The Labute approximate surface area is 302 Å². The second-order valence-corrected chi connectivity index (χ2v) is 17.7. The third-order valence-electron chi connectivity index (χ3n) is 12.8. The Kier molecular flexibility index (Phi) is 18.4. The molecule has 0 aliphatic heterocycles. The number of hydrogen-bond acceptors (Lipinski definition) is 7. The van der Waals surface area contributed by atoms with Crippen molar-refractivity contribution < 1.29 is 43.8 Å². The van der Waals surface area contributed by atoms with Crippen LogP contribution in [0.4, 0.5) is 0 Å². The molecule has 288 valence electrons. The molecule has 50 heavy (non-hydrogen) atoms. The highest BCUT2D eigenvalue weighted by atomic mass is 31.1. The Hall–Kier alpha value is -2.06. The Morgan fingerprint density at radius 3 is 2.16 bits per heavy atom. The van der Waals surface area contributed by atoms with Crippen LogP contribution in [0.15, 0.2) is 0 Å². The van der Waals surface area contributed by atoms with Gasteiger partial charge in [-0.3, -0.25) is 19.2 Å². The number of carbonyl (C=O) groups is 4. The normalized spacial score (nSPS) is 32.5. The molecule has 4 aliphatic rings. The molecule has 0 heterocycles. The summed E-state index contributed by atoms with van der Waals surface area (Å²) in [6.45, 7) is 15.3. The van der Waals surface area contributed by atoms with E-state index in [1.807, 2.05) is 13.8 Å². The van der Waals surface area contributed by atoms with E-state index in [1.54, 1.807) is 0 Å². The molecule has 0 aromatic carbocycles. The van der Waals surface area contributed by atoms with Crippen LogP contribution < -0.4 is 5.32 Å². The SMILES string of the molecule is CC.CCC.C[C@H](CCC(=O)OCNC(=O)CC[P+](=O)CC(CCC(=O)O)C(=O)O)C1CCC2C3CCC4C[C@H](O)CCC4(C)C3CCC21C. The van der Waals surface area contributed by atoms with E-state index in [-0.39, 0.29) is 50.4 Å². The highest BCUT2D eigenvalue weighted by molar-refractivity contribution is 7.44. The van der Waals surface area contributed by atoms with Crippen LogP contribution in [0.2, 0.25) is 0 Å². The molecule has 4 aliphatic carbocycles. The van der Waals surface area contributed by atoms with Crippen LogP contribution in [-0.2, 0) is 28.5 Å². The predicted molar refractivity (Wildman–Crippen MR) is 196 cm³/mol. The number of carbonyl (C=O) groups excluding carboxylic acids is 2. The molecular formula is C39H69NO9P+. The second kappa shape index (κ2) is 20.8. The Morgan fingerprint density at radius 1 is 0.880 bits per heavy atom. The fourth-order valence-corrected chi connectivity index (χ4v) is 11.7. The van der Waals surface area contributed by atoms with Gasteiger partial charge in [0.05, 0.1) is 12.5 Å². The number of carboxylic acids is 2. The van der Waals surface area contributed by atoms with Gasteiger partial charge in [-0.2, -0.15) is 0 Å². The first-order valence-electron chi connectivity index (χ1n) is 19.6. The second-order valence-electron chi connectivity index (χ2n) is 15.9. The molecule has 0 radical (unpaired) electrons. The standard InChI is InChI=1S/C34H54NO9P.C3H8.C2H6/c1-21(4-11-31(40)44-20-35-29(37)14-17-45(43)19-22(32(41)42)5-10-30(38)39)26-8-9-27-25-7-6-23-18-24(36)12-15-33(23,2)28(25)13-16-34(26,27)3;1-3-2;1-2/h21-28,36H,4-20H2,1-3H3,(H2-,35,37,38,39,41,42);3H2,1-2H3;1-2H3/p+1/t21-,22?,23?,24-,25?,26?,27?,28?,33?,34?;;/m1../s1. The molecular weight excluding hydrogens is 657 g/mol. The largest absolute Gasteiger partial charge is 0.481 e. The zero-order valence-corrected chi connectivity index (χ0v) is 33.0. The monoisotopic (exact) mass is 726 g/mol. The molecule has 4 N–H and O–H groups in total. The minimum absolute atomic E-state index is 0.0187. The maximum Gasteiger partial charge on any atom is 0.340 e. The average Bonchev–Trinajstić information content (AvgIpc) is 3.43. The van der Waals surface area contributed by atoms with Crippen LogP contribution >= 0.6 is 7.80 Å². The molecule has 11 atom stereocenters. The van der Waals surface area contributed by atoms with Gasteiger partial charge in [0.15, 0.2) is 19.1 Å². The molecule has 9 unspecified atom stereocenters. The molecule has 0 aromatic heterocycles. The Balaban J connectivity index is 0.00000164. The molecule has 11 heteroatoms. The van der Waals surface area contributed by atoms with Crippen molar-refractivity contribution in [1.29, 1.82) is 0 Å². The molecule has 0 aromatic rings. The van der Waals surface area contributed by atoms with Crippen LogP contribution in [0.25, 0.3) is 0 Å². The van der Waals surface area contributed by atoms with Gasteiger partial charge >= 0.3 is 25.7 Å². The summed E-state index contributed by atoms with van der Waals surface area (Å²) >= 11 is 0. The number of nitrogens with one attached hydrogen (secondary N) is 1. The van der Waals surface area contributed by atoms with Crippen molar-refractivity contribution in [3.63, 3.8) is 0 Å². The van der Waals surface area contributed by atoms with E-state index in [1.165, 1.54) is 44.9 Å². The van der Waals surface area contributed by atoms with Crippen LogP contribution in [0.5, 0.6) is 0 Å². The molecule has 4 saturated carbocycles. The van der Waals surface area contributed by atoms with Crippen LogP contribution in [0.1, 0.15) is 145 Å². The van der Waals surface area contributed by atoms with Gasteiger partial charge in [0.2, 0.25) is 5.91 Å². The fourth-order valence-electron chi connectivity index (χ4n) is 10.3. The van der Waals surface area contributed by atoms with E-state index in [2.05, 4.69) is 39.9 Å². The van der Waals surface area contributed by atoms with E-state index in [9.17, 15) is 34.0 Å². The Bertz CT molecular complexity index is 1130. The number of aliphatic hydroxyl groups excluding tert-OH is 1. The summed E-state index contributed by atoms with van der Waals surface area (Å²) in [5.41, 5.74) is 0.675. The first-order chi connectivity index (χ1) is 23.7. The minimum Gasteiger partial charge on any atom is -0.481 e. The third kappa shape index (κ3) is 11.7. The molecule has 10 nitrogen and oxygen atoms in total. The van der Waals surface area contributed by atoms with E-state index >= 15 is 0 Å². The van der Waals surface area contributed by atoms with Gasteiger partial charge in [-0.25, -0.2) is 0 Å². The van der Waals surface area contributed by atoms with E-state index in [4.69, 9.17) is 9.84 Å². The maximum atomic E-state index is 12.5.